The molecule has 1 aliphatic heterocycles. The lowest BCUT2D eigenvalue weighted by Gasteiger charge is -2.19. The molecule has 2 aromatic rings. The zero-order chi connectivity index (χ0) is 17.8. The van der Waals surface area contributed by atoms with Gasteiger partial charge in [0.15, 0.2) is 5.82 Å². The van der Waals surface area contributed by atoms with Crippen molar-refractivity contribution in [3.8, 4) is 0 Å². The molecular formula is C19H24N4O2. The fraction of sp³-hybridized carbons (Fsp3) is 0.421. The first kappa shape index (κ1) is 17.4. The molecule has 0 radical (unpaired) electrons. The number of benzene rings is 1. The van der Waals surface area contributed by atoms with Crippen molar-refractivity contribution in [1.82, 2.24) is 15.0 Å². The molecule has 0 bridgehead atoms. The van der Waals surface area contributed by atoms with Crippen molar-refractivity contribution in [2.24, 2.45) is 0 Å². The molecule has 0 saturated carbocycles. The third kappa shape index (κ3) is 4.33. The predicted octanol–water partition coefficient (Wildman–Crippen LogP) is 2.98. The number of hydrogen-bond donors (Lipinski definition) is 1. The smallest absolute Gasteiger partial charge is 0.227 e. The second-order valence-electron chi connectivity index (χ2n) is 6.55. The summed E-state index contributed by atoms with van der Waals surface area (Å²) in [4.78, 5) is 18.8. The minimum absolute atomic E-state index is 0.0491. The van der Waals surface area contributed by atoms with Crippen molar-refractivity contribution in [2.45, 2.75) is 33.1 Å². The molecular weight excluding hydrogens is 316 g/mol. The fourth-order valence-electron chi connectivity index (χ4n) is 2.78. The molecule has 132 valence electrons. The first-order valence-electron chi connectivity index (χ1n) is 8.59. The van der Waals surface area contributed by atoms with Crippen molar-refractivity contribution < 1.29 is 9.32 Å². The average molecular weight is 340 g/mol. The first-order chi connectivity index (χ1) is 12.0. The molecule has 1 amide bonds. The lowest BCUT2D eigenvalue weighted by Crippen LogP contribution is -2.23. The van der Waals surface area contributed by atoms with E-state index in [0.29, 0.717) is 24.6 Å². The van der Waals surface area contributed by atoms with E-state index in [9.17, 15) is 4.79 Å². The number of carbonyl (C=O) groups is 1. The molecule has 6 nitrogen and oxygen atoms in total. The summed E-state index contributed by atoms with van der Waals surface area (Å²) in [6, 6.07) is 5.89. The minimum atomic E-state index is -0.0491. The van der Waals surface area contributed by atoms with E-state index in [1.807, 2.05) is 32.0 Å². The summed E-state index contributed by atoms with van der Waals surface area (Å²) < 4.78 is 5.29. The molecule has 0 saturated heterocycles. The Kier molecular flexibility index (Phi) is 5.28. The molecule has 1 aromatic carbocycles. The van der Waals surface area contributed by atoms with Gasteiger partial charge < -0.3 is 14.7 Å². The summed E-state index contributed by atoms with van der Waals surface area (Å²) in [6.07, 6.45) is 3.81. The van der Waals surface area contributed by atoms with Crippen LogP contribution in [0.15, 0.2) is 28.8 Å². The Hall–Kier alpha value is -2.47. The molecule has 0 aliphatic carbocycles. The van der Waals surface area contributed by atoms with Gasteiger partial charge >= 0.3 is 0 Å². The van der Waals surface area contributed by atoms with Crippen LogP contribution in [0.3, 0.4) is 0 Å². The van der Waals surface area contributed by atoms with Gasteiger partial charge in [-0.1, -0.05) is 23.4 Å². The highest BCUT2D eigenvalue weighted by molar-refractivity contribution is 5.91. The van der Waals surface area contributed by atoms with Gasteiger partial charge in [-0.15, -0.1) is 0 Å². The molecule has 0 spiro atoms. The van der Waals surface area contributed by atoms with Gasteiger partial charge in [0.25, 0.3) is 0 Å². The van der Waals surface area contributed by atoms with E-state index in [0.717, 1.165) is 41.9 Å². The fourth-order valence-corrected chi connectivity index (χ4v) is 2.78. The first-order valence-corrected chi connectivity index (χ1v) is 8.59. The van der Waals surface area contributed by atoms with Crippen molar-refractivity contribution in [2.75, 3.05) is 25.5 Å². The van der Waals surface area contributed by atoms with Gasteiger partial charge in [0.05, 0.1) is 0 Å². The molecule has 2 heterocycles. The number of rotatable bonds is 5. The van der Waals surface area contributed by atoms with Crippen LogP contribution in [-0.2, 0) is 11.2 Å². The summed E-state index contributed by atoms with van der Waals surface area (Å²) in [7, 11) is 2.09. The topological polar surface area (TPSA) is 71.3 Å². The Morgan fingerprint density at radius 2 is 2.20 bits per heavy atom. The maximum Gasteiger partial charge on any atom is 0.227 e. The van der Waals surface area contributed by atoms with Crippen LogP contribution >= 0.6 is 0 Å². The second kappa shape index (κ2) is 7.61. The second-order valence-corrected chi connectivity index (χ2v) is 6.55. The van der Waals surface area contributed by atoms with Gasteiger partial charge in [-0.2, -0.15) is 4.98 Å². The Morgan fingerprint density at radius 1 is 1.36 bits per heavy atom. The Morgan fingerprint density at radius 3 is 2.96 bits per heavy atom. The number of carbonyl (C=O) groups excluding carboxylic acids is 1. The van der Waals surface area contributed by atoms with Crippen LogP contribution in [-0.4, -0.2) is 41.1 Å². The number of likely N-dealkylation sites (N-methyl/N-ethyl adjacent to an activating group) is 1. The summed E-state index contributed by atoms with van der Waals surface area (Å²) in [5.41, 5.74) is 4.22. The van der Waals surface area contributed by atoms with E-state index in [4.69, 9.17) is 4.52 Å². The van der Waals surface area contributed by atoms with Crippen LogP contribution in [0, 0.1) is 13.8 Å². The van der Waals surface area contributed by atoms with Crippen LogP contribution in [0.4, 0.5) is 5.69 Å². The van der Waals surface area contributed by atoms with Crippen LogP contribution in [0.5, 0.6) is 0 Å². The predicted molar refractivity (Wildman–Crippen MR) is 97.3 cm³/mol. The van der Waals surface area contributed by atoms with Crippen molar-refractivity contribution in [1.29, 1.82) is 0 Å². The Bertz CT molecular complexity index is 794. The SMILES string of the molecule is Cc1cccc(NC(=O)CCc2nc(C3=CCN(C)CC3)no2)c1C. The van der Waals surface area contributed by atoms with Crippen LogP contribution in [0.1, 0.15) is 35.7 Å². The van der Waals surface area contributed by atoms with E-state index in [-0.39, 0.29) is 5.91 Å². The van der Waals surface area contributed by atoms with E-state index in [1.54, 1.807) is 0 Å². The zero-order valence-electron chi connectivity index (χ0n) is 15.0. The lowest BCUT2D eigenvalue weighted by atomic mass is 10.1. The van der Waals surface area contributed by atoms with Crippen molar-refractivity contribution >= 4 is 17.2 Å². The van der Waals surface area contributed by atoms with Gasteiger partial charge in [0, 0.05) is 31.6 Å². The highest BCUT2D eigenvalue weighted by atomic mass is 16.5. The third-order valence-corrected chi connectivity index (χ3v) is 4.61. The molecule has 25 heavy (non-hydrogen) atoms. The average Bonchev–Trinajstić information content (AvgIpc) is 3.07. The van der Waals surface area contributed by atoms with Crippen LogP contribution in [0.2, 0.25) is 0 Å². The molecule has 0 atom stereocenters. The summed E-state index contributed by atoms with van der Waals surface area (Å²) in [5, 5.41) is 7.00. The van der Waals surface area contributed by atoms with E-state index >= 15 is 0 Å². The van der Waals surface area contributed by atoms with Gasteiger partial charge in [-0.3, -0.25) is 4.79 Å². The van der Waals surface area contributed by atoms with Crippen LogP contribution < -0.4 is 5.32 Å². The molecule has 1 aromatic heterocycles. The van der Waals surface area contributed by atoms with Gasteiger partial charge in [-0.05, 0) is 50.1 Å². The largest absolute Gasteiger partial charge is 0.339 e. The Balaban J connectivity index is 1.55. The number of nitrogens with one attached hydrogen (secondary N) is 1. The quantitative estimate of drug-likeness (QED) is 0.906. The zero-order valence-corrected chi connectivity index (χ0v) is 15.0. The summed E-state index contributed by atoms with van der Waals surface area (Å²) in [6.45, 7) is 5.93. The number of hydrogen-bond acceptors (Lipinski definition) is 5. The van der Waals surface area contributed by atoms with Crippen molar-refractivity contribution in [3.63, 3.8) is 0 Å². The number of aromatic nitrogens is 2. The number of anilines is 1. The third-order valence-electron chi connectivity index (χ3n) is 4.61. The van der Waals surface area contributed by atoms with E-state index in [2.05, 4.69) is 33.5 Å². The summed E-state index contributed by atoms with van der Waals surface area (Å²) in [5.74, 6) is 1.11. The molecule has 1 N–H and O–H groups in total. The number of aryl methyl sites for hydroxylation is 2. The van der Waals surface area contributed by atoms with Crippen LogP contribution in [0.25, 0.3) is 5.57 Å². The summed E-state index contributed by atoms with van der Waals surface area (Å²) >= 11 is 0. The monoisotopic (exact) mass is 340 g/mol. The van der Waals surface area contributed by atoms with Gasteiger partial charge in [-0.25, -0.2) is 0 Å². The van der Waals surface area contributed by atoms with E-state index in [1.165, 1.54) is 0 Å². The normalized spacial score (nSPS) is 15.1. The number of amides is 1. The lowest BCUT2D eigenvalue weighted by molar-refractivity contribution is -0.116. The Labute approximate surface area is 147 Å². The minimum Gasteiger partial charge on any atom is -0.339 e. The molecule has 0 fully saturated rings. The maximum atomic E-state index is 12.2. The van der Waals surface area contributed by atoms with Gasteiger partial charge in [0.1, 0.15) is 0 Å². The highest BCUT2D eigenvalue weighted by Crippen LogP contribution is 2.20. The highest BCUT2D eigenvalue weighted by Gasteiger charge is 2.16. The molecule has 0 unspecified atom stereocenters. The van der Waals surface area contributed by atoms with Gasteiger partial charge in [0.2, 0.25) is 11.8 Å². The standard InChI is InChI=1S/C19H24N4O2/c1-13-5-4-6-16(14(13)2)20-17(24)7-8-18-21-19(22-25-18)15-9-11-23(3)12-10-15/h4-6,9H,7-8,10-12H2,1-3H3,(H,20,24). The molecule has 1 aliphatic rings. The number of nitrogens with zero attached hydrogens (tertiary/aromatic N) is 3. The molecule has 6 heteroatoms. The maximum absolute atomic E-state index is 12.2. The van der Waals surface area contributed by atoms with E-state index < -0.39 is 0 Å². The van der Waals surface area contributed by atoms with Crippen molar-refractivity contribution in [3.05, 3.63) is 47.1 Å². The molecule has 3 rings (SSSR count).